The first-order chi connectivity index (χ1) is 18.2. The maximum Gasteiger partial charge on any atom is 0.378 e. The molecule has 1 amide bonds. The molecule has 2 bridgehead atoms. The van der Waals surface area contributed by atoms with Crippen LogP contribution >= 0.6 is 0 Å². The van der Waals surface area contributed by atoms with Gasteiger partial charge in [0.2, 0.25) is 0 Å². The highest BCUT2D eigenvalue weighted by Gasteiger charge is 2.63. The molecular formula is C26H32BN4O7-. The van der Waals surface area contributed by atoms with Gasteiger partial charge < -0.3 is 24.2 Å². The molecule has 2 aliphatic heterocycles. The van der Waals surface area contributed by atoms with Gasteiger partial charge in [0.1, 0.15) is 17.8 Å². The Labute approximate surface area is 221 Å². The Morgan fingerprint density at radius 1 is 1.18 bits per heavy atom. The van der Waals surface area contributed by atoms with Crippen molar-refractivity contribution in [3.05, 3.63) is 60.2 Å². The van der Waals surface area contributed by atoms with Gasteiger partial charge in [0.05, 0.1) is 19.3 Å². The number of fused-ring (bicyclic) bond motifs is 2. The lowest BCUT2D eigenvalue weighted by atomic mass is 9.53. The first-order valence-corrected chi connectivity index (χ1v) is 12.7. The van der Waals surface area contributed by atoms with Crippen molar-refractivity contribution in [1.82, 2.24) is 20.1 Å². The van der Waals surface area contributed by atoms with Crippen LogP contribution in [0.3, 0.4) is 0 Å². The third kappa shape index (κ3) is 5.46. The SMILES string of the molecule is COC(=O)[C@@H]1O[B-]2(C(CC(=O)[C@H](Cc3ccccc3)NC(=O)c3cnccn3)CC(C)C)OC(=O)[C@H]1N2C. The third-order valence-electron chi connectivity index (χ3n) is 7.20. The van der Waals surface area contributed by atoms with Gasteiger partial charge in [-0.15, -0.1) is 0 Å². The second-order valence-corrected chi connectivity index (χ2v) is 10.2. The zero-order valence-electron chi connectivity index (χ0n) is 21.9. The molecule has 1 N–H and O–H groups in total. The summed E-state index contributed by atoms with van der Waals surface area (Å²) < 4.78 is 16.7. The van der Waals surface area contributed by atoms with Crippen LogP contribution in [-0.2, 0) is 34.9 Å². The number of ether oxygens (including phenoxy) is 1. The number of ketones is 1. The molecule has 4 rings (SSSR count). The third-order valence-corrected chi connectivity index (χ3v) is 7.20. The van der Waals surface area contributed by atoms with Crippen LogP contribution in [0.2, 0.25) is 5.82 Å². The van der Waals surface area contributed by atoms with Crippen molar-refractivity contribution in [2.45, 2.75) is 57.1 Å². The summed E-state index contributed by atoms with van der Waals surface area (Å²) in [7, 11) is 2.89. The van der Waals surface area contributed by atoms with Crippen LogP contribution in [0.15, 0.2) is 48.9 Å². The number of amides is 1. The quantitative estimate of drug-likeness (QED) is 0.341. The minimum absolute atomic E-state index is 0.0470. The predicted molar refractivity (Wildman–Crippen MR) is 137 cm³/mol. The fourth-order valence-corrected chi connectivity index (χ4v) is 5.45. The van der Waals surface area contributed by atoms with E-state index < -0.39 is 48.5 Å². The Morgan fingerprint density at radius 2 is 1.92 bits per heavy atom. The lowest BCUT2D eigenvalue weighted by molar-refractivity contribution is -0.158. The van der Waals surface area contributed by atoms with Gasteiger partial charge in [-0.3, -0.25) is 19.4 Å². The van der Waals surface area contributed by atoms with Crippen LogP contribution in [0.4, 0.5) is 0 Å². The number of esters is 1. The highest BCUT2D eigenvalue weighted by Crippen LogP contribution is 2.47. The fourth-order valence-electron chi connectivity index (χ4n) is 5.45. The van der Waals surface area contributed by atoms with Crippen molar-refractivity contribution in [2.75, 3.05) is 14.2 Å². The van der Waals surface area contributed by atoms with E-state index in [0.717, 1.165) is 5.56 Å². The summed E-state index contributed by atoms with van der Waals surface area (Å²) in [4.78, 5) is 61.5. The van der Waals surface area contributed by atoms with Crippen molar-refractivity contribution in [3.8, 4) is 0 Å². The summed E-state index contributed by atoms with van der Waals surface area (Å²) in [5.74, 6) is -2.46. The number of carbonyl (C=O) groups excluding carboxylic acids is 4. The van der Waals surface area contributed by atoms with Gasteiger partial charge in [0, 0.05) is 12.4 Å². The smallest absolute Gasteiger partial charge is 0.378 e. The zero-order valence-corrected chi connectivity index (χ0v) is 21.9. The van der Waals surface area contributed by atoms with E-state index in [1.807, 2.05) is 44.2 Å². The number of hydrogen-bond acceptors (Lipinski definition) is 10. The highest BCUT2D eigenvalue weighted by atomic mass is 16.7. The van der Waals surface area contributed by atoms with Crippen molar-refractivity contribution in [3.63, 3.8) is 0 Å². The maximum atomic E-state index is 13.8. The lowest BCUT2D eigenvalue weighted by Crippen LogP contribution is -2.54. The average Bonchev–Trinajstić information content (AvgIpc) is 3.34. The molecule has 12 heteroatoms. The fraction of sp³-hybridized carbons (Fsp3) is 0.462. The van der Waals surface area contributed by atoms with Crippen LogP contribution in [-0.4, -0.2) is 77.4 Å². The molecule has 1 aromatic heterocycles. The number of benzene rings is 1. The van der Waals surface area contributed by atoms with E-state index in [-0.39, 0.29) is 30.2 Å². The minimum atomic E-state index is -2.46. The zero-order chi connectivity index (χ0) is 27.4. The van der Waals surface area contributed by atoms with Crippen LogP contribution in [0.5, 0.6) is 0 Å². The first kappa shape index (κ1) is 27.4. The summed E-state index contributed by atoms with van der Waals surface area (Å²) in [5, 5.41) is 2.81. The highest BCUT2D eigenvalue weighted by molar-refractivity contribution is 6.71. The molecule has 38 heavy (non-hydrogen) atoms. The Bertz CT molecular complexity index is 1180. The molecule has 2 aliphatic rings. The second kappa shape index (κ2) is 11.4. The van der Waals surface area contributed by atoms with Crippen LogP contribution in [0.25, 0.3) is 0 Å². The lowest BCUT2D eigenvalue weighted by Gasteiger charge is -2.45. The number of rotatable bonds is 11. The molecule has 202 valence electrons. The van der Waals surface area contributed by atoms with Crippen LogP contribution < -0.4 is 5.32 Å². The molecule has 2 fully saturated rings. The number of nitrogens with zero attached hydrogens (tertiary/aromatic N) is 3. The van der Waals surface area contributed by atoms with Gasteiger partial charge in [-0.2, -0.15) is 0 Å². The topological polar surface area (TPSA) is 137 Å². The Balaban J connectivity index is 1.61. The molecule has 5 atom stereocenters. The van der Waals surface area contributed by atoms with E-state index in [1.165, 1.54) is 25.7 Å². The minimum Gasteiger partial charge on any atom is -0.652 e. The molecule has 2 aromatic rings. The Morgan fingerprint density at radius 3 is 2.55 bits per heavy atom. The molecule has 11 nitrogen and oxygen atoms in total. The van der Waals surface area contributed by atoms with Gasteiger partial charge in [0.25, 0.3) is 11.9 Å². The van der Waals surface area contributed by atoms with Crippen LogP contribution in [0.1, 0.15) is 42.7 Å². The summed E-state index contributed by atoms with van der Waals surface area (Å²) in [6.07, 6.45) is 3.75. The molecular weight excluding hydrogens is 491 g/mol. The van der Waals surface area contributed by atoms with Gasteiger partial charge in [0.15, 0.2) is 5.78 Å². The molecule has 2 unspecified atom stereocenters. The van der Waals surface area contributed by atoms with Gasteiger partial charge in [-0.25, -0.2) is 9.78 Å². The van der Waals surface area contributed by atoms with Crippen molar-refractivity contribution in [2.24, 2.45) is 5.92 Å². The summed E-state index contributed by atoms with van der Waals surface area (Å²) in [5.41, 5.74) is 0.953. The van der Waals surface area contributed by atoms with E-state index in [0.29, 0.717) is 6.42 Å². The number of hydrogen-bond donors (Lipinski definition) is 1. The normalized spacial score (nSPS) is 24.1. The predicted octanol–water partition coefficient (Wildman–Crippen LogP) is 1.56. The molecule has 0 spiro atoms. The maximum absolute atomic E-state index is 13.8. The molecule has 2 saturated heterocycles. The van der Waals surface area contributed by atoms with Gasteiger partial charge in [-0.05, 0) is 31.4 Å². The molecule has 3 heterocycles. The largest absolute Gasteiger partial charge is 0.652 e. The van der Waals surface area contributed by atoms with E-state index in [2.05, 4.69) is 15.3 Å². The van der Waals surface area contributed by atoms with Crippen molar-refractivity contribution < 1.29 is 33.2 Å². The first-order valence-electron chi connectivity index (χ1n) is 12.7. The number of methoxy groups -OCH3 is 1. The van der Waals surface area contributed by atoms with E-state index in [4.69, 9.17) is 14.0 Å². The van der Waals surface area contributed by atoms with Crippen molar-refractivity contribution in [1.29, 1.82) is 0 Å². The number of nitrogens with one attached hydrogen (secondary N) is 1. The molecule has 0 aliphatic carbocycles. The van der Waals surface area contributed by atoms with Gasteiger partial charge in [-0.1, -0.05) is 56.4 Å². The number of likely N-dealkylation sites (N-methyl/N-ethyl adjacent to an activating group) is 1. The monoisotopic (exact) mass is 523 g/mol. The van der Waals surface area contributed by atoms with Gasteiger partial charge >= 0.3 is 12.7 Å². The Hall–Kier alpha value is -3.64. The van der Waals surface area contributed by atoms with Crippen LogP contribution in [0, 0.1) is 5.92 Å². The van der Waals surface area contributed by atoms with Crippen molar-refractivity contribution >= 4 is 30.3 Å². The number of carbonyl (C=O) groups is 4. The molecule has 0 radical (unpaired) electrons. The standard InChI is InChI=1S/C26H32BN4O7/c1-16(2)12-18(27-31(3)22(25(34)38-27)23(37-27)26(35)36-4)14-21(32)19(13-17-8-6-5-7-9-17)30-24(33)20-15-28-10-11-29-20/h5-11,15-16,18-19,22-23H,12-14H2,1-4H3,(H,30,33)/q-1/t18?,19-,22-,23+,27?/m0/s1. The molecule has 1 aromatic carbocycles. The molecule has 0 saturated carbocycles. The van der Waals surface area contributed by atoms with E-state index >= 15 is 0 Å². The second-order valence-electron chi connectivity index (χ2n) is 10.2. The van der Waals surface area contributed by atoms with E-state index in [1.54, 1.807) is 11.9 Å². The summed E-state index contributed by atoms with van der Waals surface area (Å²) in [6.45, 7) is 1.52. The van der Waals surface area contributed by atoms with E-state index in [9.17, 15) is 19.2 Å². The average molecular weight is 523 g/mol. The summed E-state index contributed by atoms with van der Waals surface area (Å²) >= 11 is 0. The number of aromatic nitrogens is 2. The number of Topliss-reactive ketones (excluding diaryl/α,β-unsaturated/α-hetero) is 1. The summed E-state index contributed by atoms with van der Waals surface area (Å²) in [6, 6.07) is 7.51. The Kier molecular flexibility index (Phi) is 8.22.